The van der Waals surface area contributed by atoms with Crippen molar-refractivity contribution < 1.29 is 0 Å². The molecule has 2 rings (SSSR count). The molecule has 2 aromatic carbocycles. The molecule has 0 spiro atoms. The van der Waals surface area contributed by atoms with E-state index in [-0.39, 0.29) is 0 Å². The fourth-order valence-electron chi connectivity index (χ4n) is 1.72. The lowest BCUT2D eigenvalue weighted by atomic mass is 10.1. The Bertz CT molecular complexity index is 458. The van der Waals surface area contributed by atoms with E-state index in [2.05, 4.69) is 77.1 Å². The van der Waals surface area contributed by atoms with Crippen LogP contribution in [0.3, 0.4) is 0 Å². The number of hydrogen-bond donors (Lipinski definition) is 0. The molecule has 0 amide bonds. The number of aryl methyl sites for hydroxylation is 4. The van der Waals surface area contributed by atoms with Crippen molar-refractivity contribution in [2.75, 3.05) is 0 Å². The molecule has 0 nitrogen and oxygen atoms in total. The fourth-order valence-corrected chi connectivity index (χ4v) is 1.72. The maximum atomic E-state index is 2.18. The molecule has 0 unspecified atom stereocenters. The Morgan fingerprint density at radius 1 is 0.722 bits per heavy atom. The highest BCUT2D eigenvalue weighted by Crippen LogP contribution is 2.09. The van der Waals surface area contributed by atoms with Crippen LogP contribution in [0.4, 0.5) is 0 Å². The van der Waals surface area contributed by atoms with Crippen LogP contribution in [-0.2, 0) is 6.42 Å². The zero-order valence-electron chi connectivity index (χ0n) is 12.2. The molecule has 18 heavy (non-hydrogen) atoms. The van der Waals surface area contributed by atoms with Crippen molar-refractivity contribution in [1.29, 1.82) is 0 Å². The van der Waals surface area contributed by atoms with Gasteiger partial charge in [0.15, 0.2) is 0 Å². The van der Waals surface area contributed by atoms with E-state index in [1.807, 2.05) is 0 Å². The van der Waals surface area contributed by atoms with Gasteiger partial charge in [-0.15, -0.1) is 0 Å². The Morgan fingerprint density at radius 3 is 1.61 bits per heavy atom. The summed E-state index contributed by atoms with van der Waals surface area (Å²) in [5.74, 6) is 0. The van der Waals surface area contributed by atoms with Crippen LogP contribution in [0, 0.1) is 27.7 Å². The van der Waals surface area contributed by atoms with Gasteiger partial charge in [0.2, 0.25) is 0 Å². The minimum absolute atomic E-state index is 1.14. The molecule has 0 radical (unpaired) electrons. The van der Waals surface area contributed by atoms with E-state index in [1.165, 1.54) is 27.8 Å². The summed E-state index contributed by atoms with van der Waals surface area (Å²) in [6.45, 7) is 10.7. The molecule has 0 fully saturated rings. The van der Waals surface area contributed by atoms with Crippen LogP contribution in [0.25, 0.3) is 0 Å². The Kier molecular flexibility index (Phi) is 5.64. The van der Waals surface area contributed by atoms with Gasteiger partial charge in [-0.1, -0.05) is 55.0 Å². The van der Waals surface area contributed by atoms with E-state index < -0.39 is 0 Å². The van der Waals surface area contributed by atoms with Gasteiger partial charge in [-0.2, -0.15) is 0 Å². The molecule has 0 atom stereocenters. The first-order chi connectivity index (χ1) is 8.54. The highest BCUT2D eigenvalue weighted by molar-refractivity contribution is 5.31. The molecule has 96 valence electrons. The molecule has 0 aliphatic rings. The third-order valence-electron chi connectivity index (χ3n) is 3.40. The quantitative estimate of drug-likeness (QED) is 0.645. The maximum absolute atomic E-state index is 2.18. The average Bonchev–Trinajstić information content (AvgIpc) is 2.38. The van der Waals surface area contributed by atoms with Crippen molar-refractivity contribution in [3.8, 4) is 0 Å². The summed E-state index contributed by atoms with van der Waals surface area (Å²) >= 11 is 0. The van der Waals surface area contributed by atoms with Gasteiger partial charge in [0.1, 0.15) is 0 Å². The van der Waals surface area contributed by atoms with Crippen LogP contribution in [-0.4, -0.2) is 0 Å². The second-order valence-electron chi connectivity index (χ2n) is 4.86. The summed E-state index contributed by atoms with van der Waals surface area (Å²) in [7, 11) is 0. The van der Waals surface area contributed by atoms with Gasteiger partial charge in [-0.05, 0) is 56.4 Å². The van der Waals surface area contributed by atoms with Gasteiger partial charge in [0.05, 0.1) is 0 Å². The topological polar surface area (TPSA) is 0 Å². The first kappa shape index (κ1) is 14.5. The number of hydrogen-bond acceptors (Lipinski definition) is 0. The Labute approximate surface area is 112 Å². The van der Waals surface area contributed by atoms with Crippen LogP contribution in [0.1, 0.15) is 34.7 Å². The van der Waals surface area contributed by atoms with E-state index in [4.69, 9.17) is 0 Å². The SMILES string of the molecule is CCc1ccc(C)cc1.Cc1cccc(C)c1C. The maximum Gasteiger partial charge on any atom is -0.0307 e. The molecule has 0 aliphatic carbocycles. The molecular formula is C18H24. The first-order valence-electron chi connectivity index (χ1n) is 6.63. The standard InChI is InChI=1S/2C9H12/c1-7-5-4-6-8(2)9(7)3;1-3-9-6-4-8(2)5-7-9/h4-6H,1-3H3;4-7H,3H2,1-2H3. The Hall–Kier alpha value is -1.56. The van der Waals surface area contributed by atoms with Crippen LogP contribution >= 0.6 is 0 Å². The van der Waals surface area contributed by atoms with Crippen molar-refractivity contribution in [3.63, 3.8) is 0 Å². The second-order valence-corrected chi connectivity index (χ2v) is 4.86. The summed E-state index contributed by atoms with van der Waals surface area (Å²) in [6, 6.07) is 15.0. The average molecular weight is 240 g/mol. The summed E-state index contributed by atoms with van der Waals surface area (Å²) in [4.78, 5) is 0. The van der Waals surface area contributed by atoms with E-state index in [0.29, 0.717) is 0 Å². The van der Waals surface area contributed by atoms with Crippen LogP contribution in [0.5, 0.6) is 0 Å². The van der Waals surface area contributed by atoms with Gasteiger partial charge in [0.25, 0.3) is 0 Å². The van der Waals surface area contributed by atoms with E-state index in [1.54, 1.807) is 0 Å². The van der Waals surface area contributed by atoms with Crippen molar-refractivity contribution >= 4 is 0 Å². The van der Waals surface area contributed by atoms with Gasteiger partial charge in [0, 0.05) is 0 Å². The molecule has 0 heterocycles. The van der Waals surface area contributed by atoms with Gasteiger partial charge in [-0.3, -0.25) is 0 Å². The van der Waals surface area contributed by atoms with Crippen molar-refractivity contribution in [2.45, 2.75) is 41.0 Å². The number of rotatable bonds is 1. The minimum Gasteiger partial charge on any atom is -0.0617 e. The summed E-state index contributed by atoms with van der Waals surface area (Å²) in [5.41, 5.74) is 6.94. The molecule has 0 saturated carbocycles. The second kappa shape index (κ2) is 7.00. The summed E-state index contributed by atoms with van der Waals surface area (Å²) < 4.78 is 0. The zero-order valence-corrected chi connectivity index (χ0v) is 12.2. The molecule has 0 saturated heterocycles. The highest BCUT2D eigenvalue weighted by Gasteiger charge is 1.91. The fraction of sp³-hybridized carbons (Fsp3) is 0.333. The van der Waals surface area contributed by atoms with Crippen molar-refractivity contribution in [3.05, 3.63) is 70.3 Å². The third-order valence-corrected chi connectivity index (χ3v) is 3.40. The van der Waals surface area contributed by atoms with Crippen molar-refractivity contribution in [2.24, 2.45) is 0 Å². The summed E-state index contributed by atoms with van der Waals surface area (Å²) in [5, 5.41) is 0. The Balaban J connectivity index is 0.000000180. The zero-order chi connectivity index (χ0) is 13.5. The molecule has 0 N–H and O–H groups in total. The highest BCUT2D eigenvalue weighted by atomic mass is 14.0. The van der Waals surface area contributed by atoms with Crippen LogP contribution in [0.15, 0.2) is 42.5 Å². The van der Waals surface area contributed by atoms with Gasteiger partial charge < -0.3 is 0 Å². The largest absolute Gasteiger partial charge is 0.0617 e. The normalized spacial score (nSPS) is 9.61. The Morgan fingerprint density at radius 2 is 1.22 bits per heavy atom. The van der Waals surface area contributed by atoms with Gasteiger partial charge >= 0.3 is 0 Å². The lowest BCUT2D eigenvalue weighted by Crippen LogP contribution is -1.82. The first-order valence-corrected chi connectivity index (χ1v) is 6.63. The van der Waals surface area contributed by atoms with Crippen LogP contribution < -0.4 is 0 Å². The van der Waals surface area contributed by atoms with Gasteiger partial charge in [-0.25, -0.2) is 0 Å². The molecule has 2 aromatic rings. The van der Waals surface area contributed by atoms with Crippen LogP contribution in [0.2, 0.25) is 0 Å². The minimum atomic E-state index is 1.14. The lowest BCUT2D eigenvalue weighted by molar-refractivity contribution is 1.14. The predicted molar refractivity (Wildman–Crippen MR) is 81.2 cm³/mol. The van der Waals surface area contributed by atoms with E-state index >= 15 is 0 Å². The molecule has 0 aliphatic heterocycles. The number of benzene rings is 2. The molecular weight excluding hydrogens is 216 g/mol. The smallest absolute Gasteiger partial charge is 0.0307 e. The summed E-state index contributed by atoms with van der Waals surface area (Å²) in [6.07, 6.45) is 1.14. The third kappa shape index (κ3) is 4.37. The monoisotopic (exact) mass is 240 g/mol. The van der Waals surface area contributed by atoms with E-state index in [0.717, 1.165) is 6.42 Å². The molecule has 0 aromatic heterocycles. The lowest BCUT2D eigenvalue weighted by Gasteiger charge is -2.00. The van der Waals surface area contributed by atoms with Crippen molar-refractivity contribution in [1.82, 2.24) is 0 Å². The molecule has 0 heteroatoms. The van der Waals surface area contributed by atoms with E-state index in [9.17, 15) is 0 Å². The predicted octanol–water partition coefficient (Wildman–Crippen LogP) is 5.17. The molecule has 0 bridgehead atoms.